The first-order valence-corrected chi connectivity index (χ1v) is 6.89. The molecule has 2 aromatic rings. The third kappa shape index (κ3) is 3.84. The number of benzene rings is 1. The van der Waals surface area contributed by atoms with Gasteiger partial charge < -0.3 is 16.4 Å². The van der Waals surface area contributed by atoms with Crippen LogP contribution in [0, 0.1) is 0 Å². The lowest BCUT2D eigenvalue weighted by atomic mass is 10.3. The van der Waals surface area contributed by atoms with Gasteiger partial charge in [0.15, 0.2) is 5.11 Å². The van der Waals surface area contributed by atoms with Crippen molar-refractivity contribution in [2.24, 2.45) is 12.8 Å². The molecule has 0 aliphatic carbocycles. The first-order valence-electron chi connectivity index (χ1n) is 5.72. The molecule has 1 heterocycles. The van der Waals surface area contributed by atoms with Gasteiger partial charge in [-0.1, -0.05) is 23.2 Å². The summed E-state index contributed by atoms with van der Waals surface area (Å²) in [4.78, 5) is 11.4. The average molecular weight is 344 g/mol. The van der Waals surface area contributed by atoms with Crippen molar-refractivity contribution in [3.8, 4) is 0 Å². The molecule has 0 bridgehead atoms. The molecule has 0 radical (unpaired) electrons. The molecule has 0 unspecified atom stereocenters. The van der Waals surface area contributed by atoms with Crippen molar-refractivity contribution in [2.75, 3.05) is 10.6 Å². The fraction of sp³-hybridized carbons (Fsp3) is 0.0833. The summed E-state index contributed by atoms with van der Waals surface area (Å²) in [5.41, 5.74) is 6.55. The second-order valence-electron chi connectivity index (χ2n) is 4.13. The smallest absolute Gasteiger partial charge is 0.269 e. The van der Waals surface area contributed by atoms with Gasteiger partial charge in [-0.2, -0.15) is 5.10 Å². The van der Waals surface area contributed by atoms with E-state index in [1.54, 1.807) is 25.2 Å². The van der Waals surface area contributed by atoms with Crippen molar-refractivity contribution >= 4 is 57.8 Å². The Hall–Kier alpha value is -1.83. The summed E-state index contributed by atoms with van der Waals surface area (Å²) in [6.45, 7) is 0. The Morgan fingerprint density at radius 2 is 1.90 bits per heavy atom. The van der Waals surface area contributed by atoms with Gasteiger partial charge in [0.25, 0.3) is 5.91 Å². The van der Waals surface area contributed by atoms with Crippen molar-refractivity contribution in [1.82, 2.24) is 9.78 Å². The number of primary amides is 1. The maximum atomic E-state index is 11.4. The standard InChI is InChI=1S/C12H11Cl2N5OS/c1-19-10(11(15)20)9(5-16-19)18-12(21)17-8-3-6(13)2-7(14)4-8/h2-5H,1H3,(H2,15,20)(H2,17,18,21). The lowest BCUT2D eigenvalue weighted by Crippen LogP contribution is -2.23. The van der Waals surface area contributed by atoms with Gasteiger partial charge in [0.1, 0.15) is 5.69 Å². The van der Waals surface area contributed by atoms with E-state index in [0.29, 0.717) is 21.4 Å². The molecule has 0 saturated carbocycles. The fourth-order valence-corrected chi connectivity index (χ4v) is 2.49. The fourth-order valence-electron chi connectivity index (χ4n) is 1.73. The van der Waals surface area contributed by atoms with Crippen molar-refractivity contribution in [3.05, 3.63) is 40.1 Å². The Balaban J connectivity index is 2.14. The summed E-state index contributed by atoms with van der Waals surface area (Å²) in [5.74, 6) is -0.605. The van der Waals surface area contributed by atoms with Crippen LogP contribution in [0.25, 0.3) is 0 Å². The zero-order valence-corrected chi connectivity index (χ0v) is 13.2. The minimum atomic E-state index is -0.605. The molecule has 1 amide bonds. The number of hydrogen-bond donors (Lipinski definition) is 3. The summed E-state index contributed by atoms with van der Waals surface area (Å²) in [7, 11) is 1.61. The van der Waals surface area contributed by atoms with Crippen LogP contribution in [-0.2, 0) is 7.05 Å². The van der Waals surface area contributed by atoms with Gasteiger partial charge in [-0.3, -0.25) is 9.48 Å². The highest BCUT2D eigenvalue weighted by Crippen LogP contribution is 2.23. The highest BCUT2D eigenvalue weighted by molar-refractivity contribution is 7.80. The highest BCUT2D eigenvalue weighted by atomic mass is 35.5. The third-order valence-corrected chi connectivity index (χ3v) is 3.18. The molecule has 21 heavy (non-hydrogen) atoms. The van der Waals surface area contributed by atoms with Gasteiger partial charge in [-0.25, -0.2) is 0 Å². The first kappa shape index (κ1) is 15.6. The number of amides is 1. The molecule has 0 fully saturated rings. The van der Waals surface area contributed by atoms with E-state index in [-0.39, 0.29) is 10.8 Å². The summed E-state index contributed by atoms with van der Waals surface area (Å²) >= 11 is 17.0. The van der Waals surface area contributed by atoms with Gasteiger partial charge in [0.2, 0.25) is 0 Å². The number of aryl methyl sites for hydroxylation is 1. The van der Waals surface area contributed by atoms with Crippen molar-refractivity contribution in [2.45, 2.75) is 0 Å². The van der Waals surface area contributed by atoms with Crippen LogP contribution in [0.4, 0.5) is 11.4 Å². The summed E-state index contributed by atoms with van der Waals surface area (Å²) < 4.78 is 1.36. The number of nitrogens with one attached hydrogen (secondary N) is 2. The minimum absolute atomic E-state index is 0.225. The van der Waals surface area contributed by atoms with Gasteiger partial charge in [-0.05, 0) is 30.4 Å². The van der Waals surface area contributed by atoms with Gasteiger partial charge >= 0.3 is 0 Å². The molecule has 6 nitrogen and oxygen atoms in total. The van der Waals surface area contributed by atoms with Crippen LogP contribution in [0.3, 0.4) is 0 Å². The van der Waals surface area contributed by atoms with E-state index in [1.165, 1.54) is 10.9 Å². The second-order valence-corrected chi connectivity index (χ2v) is 5.41. The number of thiocarbonyl (C=S) groups is 1. The quantitative estimate of drug-likeness (QED) is 0.746. The molecule has 0 aliphatic heterocycles. The molecule has 0 spiro atoms. The number of carbonyl (C=O) groups is 1. The average Bonchev–Trinajstić information content (AvgIpc) is 2.68. The van der Waals surface area contributed by atoms with E-state index in [2.05, 4.69) is 15.7 Å². The molecule has 0 aliphatic rings. The van der Waals surface area contributed by atoms with E-state index in [0.717, 1.165) is 0 Å². The molecular weight excluding hydrogens is 333 g/mol. The number of hydrogen-bond acceptors (Lipinski definition) is 3. The van der Waals surface area contributed by atoms with Crippen molar-refractivity contribution in [1.29, 1.82) is 0 Å². The number of halogens is 2. The largest absolute Gasteiger partial charge is 0.364 e. The summed E-state index contributed by atoms with van der Waals surface area (Å²) in [5, 5.41) is 10.9. The van der Waals surface area contributed by atoms with Crippen LogP contribution in [0.5, 0.6) is 0 Å². The Morgan fingerprint density at radius 3 is 2.48 bits per heavy atom. The Kier molecular flexibility index (Phi) is 4.66. The summed E-state index contributed by atoms with van der Waals surface area (Å²) in [6.07, 6.45) is 1.46. The first-order chi connectivity index (χ1) is 9.86. The van der Waals surface area contributed by atoms with E-state index in [9.17, 15) is 4.79 Å². The van der Waals surface area contributed by atoms with E-state index in [4.69, 9.17) is 41.2 Å². The van der Waals surface area contributed by atoms with Crippen LogP contribution in [0.1, 0.15) is 10.5 Å². The maximum absolute atomic E-state index is 11.4. The van der Waals surface area contributed by atoms with Gasteiger partial charge in [0, 0.05) is 22.8 Å². The molecule has 1 aromatic carbocycles. The van der Waals surface area contributed by atoms with E-state index < -0.39 is 5.91 Å². The SMILES string of the molecule is Cn1ncc(NC(=S)Nc2cc(Cl)cc(Cl)c2)c1C(N)=O. The molecule has 1 aromatic heterocycles. The Bertz CT molecular complexity index is 695. The van der Waals surface area contributed by atoms with Crippen molar-refractivity contribution in [3.63, 3.8) is 0 Å². The topological polar surface area (TPSA) is 85.0 Å². The predicted octanol–water partition coefficient (Wildman–Crippen LogP) is 2.63. The minimum Gasteiger partial charge on any atom is -0.364 e. The lowest BCUT2D eigenvalue weighted by molar-refractivity contribution is 0.0992. The molecule has 9 heteroatoms. The molecule has 4 N–H and O–H groups in total. The highest BCUT2D eigenvalue weighted by Gasteiger charge is 2.14. The van der Waals surface area contributed by atoms with Gasteiger partial charge in [0.05, 0.1) is 11.9 Å². The number of nitrogens with zero attached hydrogens (tertiary/aromatic N) is 2. The molecule has 110 valence electrons. The second kappa shape index (κ2) is 6.30. The maximum Gasteiger partial charge on any atom is 0.269 e. The number of rotatable bonds is 3. The lowest BCUT2D eigenvalue weighted by Gasteiger charge is -2.11. The predicted molar refractivity (Wildman–Crippen MR) is 88.0 cm³/mol. The van der Waals surface area contributed by atoms with Crippen LogP contribution in [0.2, 0.25) is 10.0 Å². The zero-order valence-electron chi connectivity index (χ0n) is 10.9. The molecular formula is C12H11Cl2N5OS. The van der Waals surface area contributed by atoms with Crippen LogP contribution in [0.15, 0.2) is 24.4 Å². The number of carbonyl (C=O) groups excluding carboxylic acids is 1. The van der Waals surface area contributed by atoms with Crippen LogP contribution < -0.4 is 16.4 Å². The summed E-state index contributed by atoms with van der Waals surface area (Å²) in [6, 6.07) is 4.94. The Morgan fingerprint density at radius 1 is 1.29 bits per heavy atom. The van der Waals surface area contributed by atoms with Crippen molar-refractivity contribution < 1.29 is 4.79 Å². The van der Waals surface area contributed by atoms with Crippen LogP contribution in [-0.4, -0.2) is 20.8 Å². The monoisotopic (exact) mass is 343 g/mol. The van der Waals surface area contributed by atoms with Crippen LogP contribution >= 0.6 is 35.4 Å². The third-order valence-electron chi connectivity index (χ3n) is 2.54. The molecule has 0 saturated heterocycles. The van der Waals surface area contributed by atoms with E-state index >= 15 is 0 Å². The van der Waals surface area contributed by atoms with E-state index in [1.807, 2.05) is 0 Å². The normalized spacial score (nSPS) is 10.2. The van der Waals surface area contributed by atoms with Gasteiger partial charge in [-0.15, -0.1) is 0 Å². The number of nitrogens with two attached hydrogens (primary N) is 1. The number of anilines is 2. The Labute approximate surface area is 136 Å². The molecule has 0 atom stereocenters. The molecule has 2 rings (SSSR count). The zero-order chi connectivity index (χ0) is 15.6. The number of aromatic nitrogens is 2.